The molecule has 0 fully saturated rings. The van der Waals surface area contributed by atoms with Gasteiger partial charge in [0.2, 0.25) is 0 Å². The average molecular weight is 309 g/mol. The zero-order valence-electron chi connectivity index (χ0n) is 11.5. The van der Waals surface area contributed by atoms with Gasteiger partial charge in [-0.05, 0) is 32.0 Å². The van der Waals surface area contributed by atoms with Crippen LogP contribution in [0.2, 0.25) is 0 Å². The zero-order chi connectivity index (χ0) is 16.0. The van der Waals surface area contributed by atoms with Gasteiger partial charge in [0, 0.05) is 17.9 Å². The lowest BCUT2D eigenvalue weighted by atomic mass is 10.2. The van der Waals surface area contributed by atoms with Gasteiger partial charge in [-0.25, -0.2) is 0 Å². The summed E-state index contributed by atoms with van der Waals surface area (Å²) in [5.41, 5.74) is 0.00165. The number of carbonyl (C=O) groups excluding carboxylic acids is 1. The summed E-state index contributed by atoms with van der Waals surface area (Å²) in [5, 5.41) is 14.1. The van der Waals surface area contributed by atoms with E-state index in [-0.39, 0.29) is 22.2 Å². The molecule has 1 aromatic rings. The Labute approximate surface area is 123 Å². The Kier molecular flexibility index (Phi) is 5.46. The van der Waals surface area contributed by atoms with Gasteiger partial charge in [-0.3, -0.25) is 9.35 Å². The first-order valence-electron chi connectivity index (χ1n) is 5.99. The fraction of sp³-hybridized carbons (Fsp3) is 0.231. The largest absolute Gasteiger partial charge is 0.387 e. The second kappa shape index (κ2) is 6.88. The van der Waals surface area contributed by atoms with Crippen LogP contribution in [0.25, 0.3) is 0 Å². The Morgan fingerprint density at radius 2 is 2.10 bits per heavy atom. The summed E-state index contributed by atoms with van der Waals surface area (Å²) in [4.78, 5) is 11.5. The van der Waals surface area contributed by atoms with E-state index in [2.05, 4.69) is 10.6 Å². The molecule has 0 radical (unpaired) electrons. The molecular formula is C13H15N3O4S. The quantitative estimate of drug-likeness (QED) is 0.428. The number of rotatable bonds is 5. The molecule has 112 valence electrons. The van der Waals surface area contributed by atoms with Crippen molar-refractivity contribution in [3.05, 3.63) is 36.0 Å². The lowest BCUT2D eigenvalue weighted by Gasteiger charge is -2.07. The third-order valence-corrected chi connectivity index (χ3v) is 3.17. The van der Waals surface area contributed by atoms with Gasteiger partial charge in [-0.2, -0.15) is 13.7 Å². The summed E-state index contributed by atoms with van der Waals surface area (Å²) < 4.78 is 30.9. The highest BCUT2D eigenvalue weighted by atomic mass is 32.2. The van der Waals surface area contributed by atoms with Crippen molar-refractivity contribution in [3.63, 3.8) is 0 Å². The van der Waals surface area contributed by atoms with Crippen molar-refractivity contribution in [2.45, 2.75) is 24.8 Å². The van der Waals surface area contributed by atoms with Gasteiger partial charge in [0.15, 0.2) is 0 Å². The predicted molar refractivity (Wildman–Crippen MR) is 76.9 cm³/mol. The lowest BCUT2D eigenvalue weighted by Crippen LogP contribution is -2.20. The maximum absolute atomic E-state index is 11.9. The summed E-state index contributed by atoms with van der Waals surface area (Å²) in [6.07, 6.45) is 1.28. The van der Waals surface area contributed by atoms with Crippen molar-refractivity contribution in [3.8, 4) is 6.07 Å². The Morgan fingerprint density at radius 1 is 1.43 bits per heavy atom. The Morgan fingerprint density at radius 3 is 2.62 bits per heavy atom. The van der Waals surface area contributed by atoms with Crippen molar-refractivity contribution in [1.29, 1.82) is 5.26 Å². The number of hydrogen-bond donors (Lipinski definition) is 3. The van der Waals surface area contributed by atoms with E-state index in [0.717, 1.165) is 6.07 Å². The van der Waals surface area contributed by atoms with Crippen LogP contribution < -0.4 is 10.6 Å². The van der Waals surface area contributed by atoms with E-state index in [4.69, 9.17) is 9.81 Å². The minimum Gasteiger partial charge on any atom is -0.387 e. The minimum absolute atomic E-state index is 0.0593. The monoisotopic (exact) mass is 309 g/mol. The number of amides is 1. The van der Waals surface area contributed by atoms with Crippen LogP contribution in [-0.4, -0.2) is 24.9 Å². The molecule has 3 N–H and O–H groups in total. The number of carbonyl (C=O) groups is 1. The normalized spacial score (nSPS) is 11.9. The van der Waals surface area contributed by atoms with Gasteiger partial charge in [0.1, 0.15) is 11.6 Å². The molecule has 0 spiro atoms. The highest BCUT2D eigenvalue weighted by molar-refractivity contribution is 7.85. The van der Waals surface area contributed by atoms with E-state index in [9.17, 15) is 13.2 Å². The first-order valence-corrected chi connectivity index (χ1v) is 7.43. The van der Waals surface area contributed by atoms with Crippen LogP contribution in [0.15, 0.2) is 40.9 Å². The molecule has 0 aromatic heterocycles. The second-order valence-corrected chi connectivity index (χ2v) is 5.87. The average Bonchev–Trinajstić information content (AvgIpc) is 2.38. The van der Waals surface area contributed by atoms with Crippen molar-refractivity contribution in [2.75, 3.05) is 5.32 Å². The smallest absolute Gasteiger partial charge is 0.294 e. The first-order chi connectivity index (χ1) is 9.74. The molecule has 0 atom stereocenters. The van der Waals surface area contributed by atoms with Crippen LogP contribution in [0.1, 0.15) is 13.8 Å². The van der Waals surface area contributed by atoms with Gasteiger partial charge < -0.3 is 10.6 Å². The summed E-state index contributed by atoms with van der Waals surface area (Å²) in [7, 11) is -4.35. The Bertz CT molecular complexity index is 702. The highest BCUT2D eigenvalue weighted by Gasteiger charge is 2.13. The topological polar surface area (TPSA) is 119 Å². The van der Waals surface area contributed by atoms with Crippen molar-refractivity contribution in [2.24, 2.45) is 0 Å². The van der Waals surface area contributed by atoms with E-state index in [1.54, 1.807) is 6.07 Å². The molecule has 0 unspecified atom stereocenters. The van der Waals surface area contributed by atoms with E-state index in [1.165, 1.54) is 24.4 Å². The summed E-state index contributed by atoms with van der Waals surface area (Å²) in [6.45, 7) is 3.69. The number of nitrogens with one attached hydrogen (secondary N) is 2. The lowest BCUT2D eigenvalue weighted by molar-refractivity contribution is -0.112. The van der Waals surface area contributed by atoms with E-state index >= 15 is 0 Å². The molecule has 0 bridgehead atoms. The van der Waals surface area contributed by atoms with Crippen LogP contribution in [0, 0.1) is 11.3 Å². The molecule has 0 aliphatic rings. The number of nitriles is 1. The number of benzene rings is 1. The second-order valence-electron chi connectivity index (χ2n) is 4.45. The standard InChI is InChI=1S/C13H15N3O4S/c1-9(2)15-8-10(7-14)13(17)16-11-4-3-5-12(6-11)21(18,19)20/h3-6,8-9,15H,1-2H3,(H,16,17)(H,18,19,20)/b10-8-. The zero-order valence-corrected chi connectivity index (χ0v) is 12.3. The Balaban J connectivity index is 2.93. The van der Waals surface area contributed by atoms with Crippen LogP contribution in [0.5, 0.6) is 0 Å². The molecule has 1 rings (SSSR count). The van der Waals surface area contributed by atoms with Crippen molar-refractivity contribution >= 4 is 21.7 Å². The summed E-state index contributed by atoms with van der Waals surface area (Å²) in [5.74, 6) is -0.682. The molecule has 7 nitrogen and oxygen atoms in total. The first kappa shape index (κ1) is 16.7. The number of anilines is 1. The minimum atomic E-state index is -4.35. The molecule has 0 aliphatic heterocycles. The van der Waals surface area contributed by atoms with Crippen LogP contribution in [0.3, 0.4) is 0 Å². The Hall–Kier alpha value is -2.37. The maximum atomic E-state index is 11.9. The van der Waals surface area contributed by atoms with Crippen LogP contribution in [-0.2, 0) is 14.9 Å². The van der Waals surface area contributed by atoms with Gasteiger partial charge in [0.05, 0.1) is 4.90 Å². The number of hydrogen-bond acceptors (Lipinski definition) is 5. The molecule has 0 saturated carbocycles. The van der Waals surface area contributed by atoms with Crippen molar-refractivity contribution < 1.29 is 17.8 Å². The van der Waals surface area contributed by atoms with E-state index in [0.29, 0.717) is 0 Å². The van der Waals surface area contributed by atoms with Crippen molar-refractivity contribution in [1.82, 2.24) is 5.32 Å². The molecule has 21 heavy (non-hydrogen) atoms. The van der Waals surface area contributed by atoms with Gasteiger partial charge in [-0.15, -0.1) is 0 Å². The van der Waals surface area contributed by atoms with E-state index in [1.807, 2.05) is 13.8 Å². The molecule has 1 aromatic carbocycles. The van der Waals surface area contributed by atoms with E-state index < -0.39 is 16.0 Å². The van der Waals surface area contributed by atoms with Gasteiger partial charge in [-0.1, -0.05) is 6.07 Å². The fourth-order valence-corrected chi connectivity index (χ4v) is 1.86. The maximum Gasteiger partial charge on any atom is 0.294 e. The molecule has 0 saturated heterocycles. The van der Waals surface area contributed by atoms with Crippen LogP contribution >= 0.6 is 0 Å². The van der Waals surface area contributed by atoms with Crippen LogP contribution in [0.4, 0.5) is 5.69 Å². The SMILES string of the molecule is CC(C)N/C=C(/C#N)C(=O)Nc1cccc(S(=O)(=O)O)c1. The van der Waals surface area contributed by atoms with Gasteiger partial charge in [0.25, 0.3) is 16.0 Å². The highest BCUT2D eigenvalue weighted by Crippen LogP contribution is 2.15. The fourth-order valence-electron chi connectivity index (χ4n) is 1.33. The number of nitrogens with zero attached hydrogens (tertiary/aromatic N) is 1. The predicted octanol–water partition coefficient (Wildman–Crippen LogP) is 1.28. The van der Waals surface area contributed by atoms with Gasteiger partial charge >= 0.3 is 0 Å². The summed E-state index contributed by atoms with van der Waals surface area (Å²) in [6, 6.07) is 6.89. The molecule has 8 heteroatoms. The molecule has 0 heterocycles. The summed E-state index contributed by atoms with van der Waals surface area (Å²) >= 11 is 0. The molecular weight excluding hydrogens is 294 g/mol. The molecule has 0 aliphatic carbocycles. The third-order valence-electron chi connectivity index (χ3n) is 2.32. The third kappa shape index (κ3) is 5.25. The molecule has 1 amide bonds.